The van der Waals surface area contributed by atoms with Gasteiger partial charge < -0.3 is 124 Å². The lowest BCUT2D eigenvalue weighted by Gasteiger charge is -2.71. The molecule has 0 spiro atoms. The zero-order chi connectivity index (χ0) is 63.7. The second-order valence-electron chi connectivity index (χ2n) is 29.1. The van der Waals surface area contributed by atoms with Gasteiger partial charge in [0.1, 0.15) is 104 Å². The Labute approximate surface area is 505 Å². The molecule has 0 radical (unpaired) electrons. The second-order valence-corrected chi connectivity index (χ2v) is 29.1. The Hall–Kier alpha value is -2.24. The summed E-state index contributed by atoms with van der Waals surface area (Å²) in [5.41, 5.74) is -1.60. The van der Waals surface area contributed by atoms with Gasteiger partial charge in [-0.15, -0.1) is 0 Å². The van der Waals surface area contributed by atoms with Gasteiger partial charge in [-0.2, -0.15) is 0 Å². The van der Waals surface area contributed by atoms with Crippen molar-refractivity contribution in [3.8, 4) is 0 Å². The summed E-state index contributed by atoms with van der Waals surface area (Å²) in [6.07, 6.45) is -33.4. The molecule has 33 atom stereocenters. The van der Waals surface area contributed by atoms with Crippen molar-refractivity contribution in [1.29, 1.82) is 0 Å². The highest BCUT2D eigenvalue weighted by Gasteiger charge is 2.70. The van der Waals surface area contributed by atoms with E-state index in [9.17, 15) is 81.4 Å². The van der Waals surface area contributed by atoms with Gasteiger partial charge in [0, 0.05) is 0 Å². The molecule has 27 heteroatoms. The van der Waals surface area contributed by atoms with Gasteiger partial charge in [0.15, 0.2) is 31.3 Å². The first kappa shape index (κ1) is 67.6. The average molecular weight is 1250 g/mol. The average Bonchev–Trinajstić information content (AvgIpc) is 0.688. The van der Waals surface area contributed by atoms with E-state index in [4.69, 9.17) is 47.4 Å². The summed E-state index contributed by atoms with van der Waals surface area (Å²) in [6, 6.07) is 0. The number of carboxylic acid groups (broad SMARTS) is 1. The molecule has 0 bridgehead atoms. The van der Waals surface area contributed by atoms with E-state index < -0.39 is 201 Å². The van der Waals surface area contributed by atoms with E-state index in [1.807, 2.05) is 0 Å². The van der Waals surface area contributed by atoms with Gasteiger partial charge in [0.25, 0.3) is 0 Å². The van der Waals surface area contributed by atoms with E-state index in [0.717, 1.165) is 12.8 Å². The van der Waals surface area contributed by atoms with Crippen LogP contribution < -0.4 is 0 Å². The Bertz CT molecular complexity index is 2480. The fraction of sp³-hybridized carbons (Fsp3) is 0.933. The van der Waals surface area contributed by atoms with Crippen molar-refractivity contribution < 1.29 is 134 Å². The van der Waals surface area contributed by atoms with Gasteiger partial charge in [-0.3, -0.25) is 4.79 Å². The van der Waals surface area contributed by atoms with Crippen LogP contribution in [0, 0.1) is 50.2 Å². The molecule has 33 unspecified atom stereocenters. The molecule has 5 saturated heterocycles. The van der Waals surface area contributed by atoms with Gasteiger partial charge in [-0.05, 0) is 123 Å². The molecule has 0 aromatic heterocycles. The highest BCUT2D eigenvalue weighted by atomic mass is 16.8. The van der Waals surface area contributed by atoms with Crippen molar-refractivity contribution in [3.63, 3.8) is 0 Å². The number of hydrogen-bond donors (Lipinski definition) is 15. The number of aliphatic carboxylic acids is 1. The maximum absolute atomic E-state index is 15.2. The molecule has 5 aliphatic carbocycles. The molecule has 15 N–H and O–H groups in total. The predicted molar refractivity (Wildman–Crippen MR) is 293 cm³/mol. The van der Waals surface area contributed by atoms with Gasteiger partial charge >= 0.3 is 11.9 Å². The molecule has 27 nitrogen and oxygen atoms in total. The molecule has 0 aromatic rings. The number of carbonyl (C=O) groups excluding carboxylic acids is 1. The first-order valence-corrected chi connectivity index (χ1v) is 31.0. The largest absolute Gasteiger partial charge is 0.479 e. The Balaban J connectivity index is 0.826. The first-order valence-electron chi connectivity index (χ1n) is 31.0. The molecule has 4 saturated carbocycles. The van der Waals surface area contributed by atoms with Crippen LogP contribution in [0.2, 0.25) is 0 Å². The Morgan fingerprint density at radius 1 is 0.540 bits per heavy atom. The third kappa shape index (κ3) is 11.4. The van der Waals surface area contributed by atoms with Crippen LogP contribution in [0.4, 0.5) is 0 Å². The minimum Gasteiger partial charge on any atom is -0.479 e. The lowest BCUT2D eigenvalue weighted by atomic mass is 9.33. The minimum absolute atomic E-state index is 0.0528. The fourth-order valence-corrected chi connectivity index (χ4v) is 17.8. The van der Waals surface area contributed by atoms with Crippen molar-refractivity contribution in [2.24, 2.45) is 50.2 Å². The number of fused-ring (bicyclic) bond motifs is 7. The van der Waals surface area contributed by atoms with Crippen LogP contribution in [0.1, 0.15) is 127 Å². The zero-order valence-corrected chi connectivity index (χ0v) is 50.9. The smallest absolute Gasteiger partial charge is 0.335 e. The Morgan fingerprint density at radius 2 is 1.09 bits per heavy atom. The number of carboxylic acids is 1. The van der Waals surface area contributed by atoms with Crippen LogP contribution in [0.15, 0.2) is 11.6 Å². The van der Waals surface area contributed by atoms with Crippen LogP contribution in [-0.2, 0) is 57.0 Å². The molecule has 498 valence electrons. The first-order chi connectivity index (χ1) is 40.6. The van der Waals surface area contributed by atoms with Gasteiger partial charge in [-0.1, -0.05) is 60.1 Å². The van der Waals surface area contributed by atoms with Gasteiger partial charge in [-0.25, -0.2) is 4.79 Å². The SMILES string of the molecule is CC1OC(OC2C(CO)OC(OCC3OC(OC(=O)C45CCC(C)(C)CC4C4=CCC6C7(C)CCC(OC8OC(C(=O)O)C(O)C(OC9OC(C)C(O)C(O)C9O)C8O)C(C)(C)C7CCC6(C)C4(C)CC5)C(O)C(O)C3O)C(O)C2O)C(O)C(O)C1O. The summed E-state index contributed by atoms with van der Waals surface area (Å²) in [4.78, 5) is 27.8. The topological polar surface area (TPSA) is 430 Å². The molecule has 9 fully saturated rings. The Kier molecular flexibility index (Phi) is 19.1. The zero-order valence-electron chi connectivity index (χ0n) is 50.9. The summed E-state index contributed by atoms with van der Waals surface area (Å²) >= 11 is 0. The van der Waals surface area contributed by atoms with E-state index in [-0.39, 0.29) is 34.0 Å². The summed E-state index contributed by atoms with van der Waals surface area (Å²) < 4.78 is 58.8. The number of aliphatic hydroxyl groups is 14. The quantitative estimate of drug-likeness (QED) is 0.0535. The lowest BCUT2D eigenvalue weighted by molar-refractivity contribution is -0.363. The summed E-state index contributed by atoms with van der Waals surface area (Å²) in [7, 11) is 0. The predicted octanol–water partition coefficient (Wildman–Crippen LogP) is -2.06. The molecule has 10 rings (SSSR count). The van der Waals surface area contributed by atoms with Crippen LogP contribution in [-0.4, -0.2) is 261 Å². The number of aliphatic hydroxyl groups excluding tert-OH is 14. The molecule has 0 aromatic carbocycles. The number of allylic oxidation sites excluding steroid dienone is 2. The molecule has 5 aliphatic heterocycles. The molecule has 5 heterocycles. The van der Waals surface area contributed by atoms with Crippen LogP contribution in [0.5, 0.6) is 0 Å². The normalized spacial score (nSPS) is 54.0. The summed E-state index contributed by atoms with van der Waals surface area (Å²) in [6.45, 7) is 17.0. The van der Waals surface area contributed by atoms with E-state index in [2.05, 4.69) is 54.5 Å². The second kappa shape index (κ2) is 24.6. The maximum atomic E-state index is 15.2. The molecular weight excluding hydrogens is 1150 g/mol. The van der Waals surface area contributed by atoms with E-state index >= 15 is 4.79 Å². The summed E-state index contributed by atoms with van der Waals surface area (Å²) in [5, 5.41) is 162. The van der Waals surface area contributed by atoms with E-state index in [1.54, 1.807) is 0 Å². The van der Waals surface area contributed by atoms with E-state index in [1.165, 1.54) is 19.4 Å². The third-order valence-electron chi connectivity index (χ3n) is 23.4. The number of esters is 1. The van der Waals surface area contributed by atoms with Crippen molar-refractivity contribution in [2.75, 3.05) is 13.2 Å². The van der Waals surface area contributed by atoms with Crippen molar-refractivity contribution >= 4 is 11.9 Å². The number of rotatable bonds is 13. The molecule has 10 aliphatic rings. The third-order valence-corrected chi connectivity index (χ3v) is 23.4. The number of ether oxygens (including phenoxy) is 10. The van der Waals surface area contributed by atoms with Crippen LogP contribution in [0.25, 0.3) is 0 Å². The van der Waals surface area contributed by atoms with Gasteiger partial charge in [0.05, 0.1) is 36.9 Å². The van der Waals surface area contributed by atoms with Crippen molar-refractivity contribution in [3.05, 3.63) is 11.6 Å². The highest BCUT2D eigenvalue weighted by Crippen LogP contribution is 2.76. The van der Waals surface area contributed by atoms with Crippen LogP contribution >= 0.6 is 0 Å². The summed E-state index contributed by atoms with van der Waals surface area (Å²) in [5.74, 6) is -2.27. The monoisotopic (exact) mass is 1250 g/mol. The molecule has 87 heavy (non-hydrogen) atoms. The maximum Gasteiger partial charge on any atom is 0.335 e. The van der Waals surface area contributed by atoms with Crippen molar-refractivity contribution in [2.45, 2.75) is 286 Å². The fourth-order valence-electron chi connectivity index (χ4n) is 17.8. The van der Waals surface area contributed by atoms with Crippen LogP contribution in [0.3, 0.4) is 0 Å². The highest BCUT2D eigenvalue weighted by molar-refractivity contribution is 5.79. The Morgan fingerprint density at radius 3 is 1.70 bits per heavy atom. The minimum atomic E-state index is -1.95. The molecule has 0 amide bonds. The van der Waals surface area contributed by atoms with Crippen molar-refractivity contribution in [1.82, 2.24) is 0 Å². The van der Waals surface area contributed by atoms with E-state index in [0.29, 0.717) is 51.4 Å². The lowest BCUT2D eigenvalue weighted by Crippen LogP contribution is -2.67. The number of hydrogen-bond acceptors (Lipinski definition) is 26. The van der Waals surface area contributed by atoms with Gasteiger partial charge in [0.2, 0.25) is 6.29 Å². The molecular formula is C60H96O27. The standard InChI is InChI=1S/C60H96O27/c1-23-32(62)35(65)39(69)50(79-23)84-45-27(21-61)81-49(42(72)38(45)68)78-22-28-34(64)37(67)41(71)52(82-28)87-54(77)60-18-16-55(3,4)20-26(60)25-10-11-30-57(7)14-13-31(56(5,6)29(57)12-15-59(30,9)58(25,8)17-19-60)83-53-44(74)46(43(73)47(86-53)48(75)76)85-51-40(70)36(66)33(63)24(2)80-51/h10,23-24,26-47,49-53,61-74H,11-22H2,1-9H3,(H,75,76). The number of carbonyl (C=O) groups is 2.